The molecule has 0 unspecified atom stereocenters. The Kier molecular flexibility index (Phi) is 9.88. The Labute approximate surface area is 128 Å². The van der Waals surface area contributed by atoms with Gasteiger partial charge in [0.05, 0.1) is 0 Å². The summed E-state index contributed by atoms with van der Waals surface area (Å²) in [5.41, 5.74) is 0.791. The van der Waals surface area contributed by atoms with Crippen molar-refractivity contribution in [3.8, 4) is 0 Å². The molecule has 102 valence electrons. The van der Waals surface area contributed by atoms with Crippen LogP contribution in [-0.2, 0) is 10.9 Å². The van der Waals surface area contributed by atoms with Gasteiger partial charge < -0.3 is 17.0 Å². The SMILES string of the molecule is CCC[S+](CCC)CC(=O)c1ccc(Cl)cc1.[Br-]. The number of rotatable bonds is 7. The largest absolute Gasteiger partial charge is 1.00 e. The van der Waals surface area contributed by atoms with Crippen LogP contribution in [0.25, 0.3) is 0 Å². The average molecular weight is 352 g/mol. The number of ketones is 1. The fraction of sp³-hybridized carbons (Fsp3) is 0.500. The molecule has 0 saturated carbocycles. The molecule has 0 bridgehead atoms. The fourth-order valence-corrected chi connectivity index (χ4v) is 4.04. The number of benzene rings is 1. The summed E-state index contributed by atoms with van der Waals surface area (Å²) < 4.78 is 0. The van der Waals surface area contributed by atoms with E-state index in [0.717, 1.165) is 18.4 Å². The highest BCUT2D eigenvalue weighted by Gasteiger charge is 2.21. The molecule has 0 aliphatic rings. The lowest BCUT2D eigenvalue weighted by Crippen LogP contribution is -3.00. The van der Waals surface area contributed by atoms with Crippen LogP contribution in [0.5, 0.6) is 0 Å². The number of hydrogen-bond donors (Lipinski definition) is 0. The highest BCUT2D eigenvalue weighted by molar-refractivity contribution is 7.97. The summed E-state index contributed by atoms with van der Waals surface area (Å²) in [4.78, 5) is 12.1. The number of hydrogen-bond acceptors (Lipinski definition) is 1. The third-order valence-electron chi connectivity index (χ3n) is 2.49. The molecule has 1 rings (SSSR count). The minimum atomic E-state index is 0. The van der Waals surface area contributed by atoms with Gasteiger partial charge in [0.25, 0.3) is 0 Å². The molecule has 0 heterocycles. The van der Waals surface area contributed by atoms with Gasteiger partial charge in [0, 0.05) is 10.6 Å². The Morgan fingerprint density at radius 1 is 1.11 bits per heavy atom. The third kappa shape index (κ3) is 6.26. The molecule has 0 aliphatic heterocycles. The van der Waals surface area contributed by atoms with Crippen LogP contribution in [0.4, 0.5) is 0 Å². The van der Waals surface area contributed by atoms with E-state index in [9.17, 15) is 4.79 Å². The van der Waals surface area contributed by atoms with Gasteiger partial charge in [-0.05, 0) is 48.0 Å². The molecular formula is C14H20BrClOS. The first-order valence-corrected chi connectivity index (χ1v) is 8.21. The monoisotopic (exact) mass is 350 g/mol. The quantitative estimate of drug-likeness (QED) is 0.528. The standard InChI is InChI=1S/C14H20ClOS.BrH/c1-3-9-17(10-4-2)11-14(16)12-5-7-13(15)8-6-12;/h5-8H,3-4,9-11H2,1-2H3;1H/q+1;/p-1. The highest BCUT2D eigenvalue weighted by atomic mass is 79.9. The van der Waals surface area contributed by atoms with Gasteiger partial charge in [-0.25, -0.2) is 0 Å². The summed E-state index contributed by atoms with van der Waals surface area (Å²) in [7, 11) is 0.257. The molecule has 0 aromatic heterocycles. The summed E-state index contributed by atoms with van der Waals surface area (Å²) in [6.07, 6.45) is 2.33. The third-order valence-corrected chi connectivity index (χ3v) is 5.38. The van der Waals surface area contributed by atoms with Gasteiger partial charge in [-0.15, -0.1) is 0 Å². The molecule has 1 aromatic rings. The summed E-state index contributed by atoms with van der Waals surface area (Å²) >= 11 is 5.81. The molecule has 0 aliphatic carbocycles. The first kappa shape index (κ1) is 18.0. The van der Waals surface area contributed by atoms with E-state index in [1.807, 2.05) is 12.1 Å². The minimum Gasteiger partial charge on any atom is -1.00 e. The smallest absolute Gasteiger partial charge is 0.211 e. The van der Waals surface area contributed by atoms with Gasteiger partial charge in [-0.2, -0.15) is 0 Å². The van der Waals surface area contributed by atoms with Crippen molar-refractivity contribution in [2.24, 2.45) is 0 Å². The van der Waals surface area contributed by atoms with E-state index in [1.54, 1.807) is 12.1 Å². The Balaban J connectivity index is 0.00000289. The molecule has 0 atom stereocenters. The number of Topliss-reactive ketones (excluding diaryl/α,β-unsaturated/α-hetero) is 1. The maximum absolute atomic E-state index is 12.1. The normalized spacial score (nSPS) is 10.2. The van der Waals surface area contributed by atoms with Crippen LogP contribution < -0.4 is 17.0 Å². The van der Waals surface area contributed by atoms with Crippen molar-refractivity contribution in [1.29, 1.82) is 0 Å². The summed E-state index contributed by atoms with van der Waals surface area (Å²) in [5.74, 6) is 3.30. The summed E-state index contributed by atoms with van der Waals surface area (Å²) in [5, 5.41) is 0.683. The maximum Gasteiger partial charge on any atom is 0.211 e. The molecule has 0 N–H and O–H groups in total. The molecule has 0 spiro atoms. The molecule has 0 saturated heterocycles. The predicted molar refractivity (Wildman–Crippen MR) is 78.3 cm³/mol. The van der Waals surface area contributed by atoms with Crippen molar-refractivity contribution >= 4 is 28.3 Å². The van der Waals surface area contributed by atoms with Crippen molar-refractivity contribution in [3.05, 3.63) is 34.9 Å². The van der Waals surface area contributed by atoms with Crippen molar-refractivity contribution in [1.82, 2.24) is 0 Å². The number of carbonyl (C=O) groups excluding carboxylic acids is 1. The molecule has 1 nitrogen and oxygen atoms in total. The van der Waals surface area contributed by atoms with E-state index in [-0.39, 0.29) is 33.7 Å². The van der Waals surface area contributed by atoms with Crippen LogP contribution in [0.2, 0.25) is 5.02 Å². The van der Waals surface area contributed by atoms with E-state index in [4.69, 9.17) is 11.6 Å². The van der Waals surface area contributed by atoms with Crippen LogP contribution in [0.1, 0.15) is 37.0 Å². The van der Waals surface area contributed by atoms with Gasteiger partial charge in [-0.1, -0.05) is 25.4 Å². The average Bonchev–Trinajstić information content (AvgIpc) is 2.30. The van der Waals surface area contributed by atoms with E-state index < -0.39 is 0 Å². The highest BCUT2D eigenvalue weighted by Crippen LogP contribution is 2.12. The molecule has 0 radical (unpaired) electrons. The van der Waals surface area contributed by atoms with Gasteiger partial charge >= 0.3 is 0 Å². The zero-order valence-corrected chi connectivity index (χ0v) is 14.1. The molecular weight excluding hydrogens is 332 g/mol. The Morgan fingerprint density at radius 2 is 1.61 bits per heavy atom. The van der Waals surface area contributed by atoms with Gasteiger partial charge in [0.1, 0.15) is 11.5 Å². The van der Waals surface area contributed by atoms with Crippen molar-refractivity contribution in [2.45, 2.75) is 26.7 Å². The fourth-order valence-electron chi connectivity index (χ4n) is 1.73. The van der Waals surface area contributed by atoms with Gasteiger partial charge in [-0.3, -0.25) is 4.79 Å². The second-order valence-electron chi connectivity index (χ2n) is 4.10. The molecule has 18 heavy (non-hydrogen) atoms. The van der Waals surface area contributed by atoms with Crippen molar-refractivity contribution in [2.75, 3.05) is 17.3 Å². The van der Waals surface area contributed by atoms with E-state index in [0.29, 0.717) is 10.8 Å². The topological polar surface area (TPSA) is 17.1 Å². The molecule has 1 aromatic carbocycles. The second-order valence-corrected chi connectivity index (χ2v) is 6.86. The van der Waals surface area contributed by atoms with E-state index >= 15 is 0 Å². The number of halogens is 2. The van der Waals surface area contributed by atoms with Crippen LogP contribution in [0.3, 0.4) is 0 Å². The Morgan fingerprint density at radius 3 is 2.06 bits per heavy atom. The maximum atomic E-state index is 12.1. The van der Waals surface area contributed by atoms with Crippen LogP contribution >= 0.6 is 11.6 Å². The van der Waals surface area contributed by atoms with Crippen LogP contribution in [0, 0.1) is 0 Å². The lowest BCUT2D eigenvalue weighted by Gasteiger charge is -2.06. The lowest BCUT2D eigenvalue weighted by molar-refractivity contribution is -0.0000114. The molecule has 4 heteroatoms. The zero-order valence-electron chi connectivity index (χ0n) is 10.9. The first-order valence-electron chi connectivity index (χ1n) is 6.10. The molecule has 0 fully saturated rings. The van der Waals surface area contributed by atoms with Crippen molar-refractivity contribution < 1.29 is 21.8 Å². The molecule has 0 amide bonds. The summed E-state index contributed by atoms with van der Waals surface area (Å²) in [6, 6.07) is 7.22. The zero-order chi connectivity index (χ0) is 12.7. The van der Waals surface area contributed by atoms with E-state index in [2.05, 4.69) is 13.8 Å². The first-order chi connectivity index (χ1) is 8.17. The minimum absolute atomic E-state index is 0. The second kappa shape index (κ2) is 9.88. The Hall–Kier alpha value is 0.01000. The van der Waals surface area contributed by atoms with Gasteiger partial charge in [0.2, 0.25) is 5.78 Å². The van der Waals surface area contributed by atoms with Gasteiger partial charge in [0.15, 0.2) is 5.75 Å². The van der Waals surface area contributed by atoms with E-state index in [1.165, 1.54) is 11.5 Å². The van der Waals surface area contributed by atoms with Crippen molar-refractivity contribution in [3.63, 3.8) is 0 Å². The van der Waals surface area contributed by atoms with Crippen LogP contribution in [0.15, 0.2) is 24.3 Å². The predicted octanol–water partition coefficient (Wildman–Crippen LogP) is 0.965. The summed E-state index contributed by atoms with van der Waals surface area (Å²) in [6.45, 7) is 4.37. The lowest BCUT2D eigenvalue weighted by atomic mass is 10.1. The Bertz CT molecular complexity index is 347. The van der Waals surface area contributed by atoms with Crippen LogP contribution in [-0.4, -0.2) is 23.0 Å². The number of carbonyl (C=O) groups is 1.